The van der Waals surface area contributed by atoms with Crippen LogP contribution in [0.2, 0.25) is 0 Å². The second kappa shape index (κ2) is 7.86. The molecule has 0 N–H and O–H groups in total. The van der Waals surface area contributed by atoms with E-state index < -0.39 is 17.9 Å². The quantitative estimate of drug-likeness (QED) is 0.447. The average molecular weight is 342 g/mol. The van der Waals surface area contributed by atoms with Crippen LogP contribution in [0.5, 0.6) is 5.75 Å². The first kappa shape index (κ1) is 18.6. The third-order valence-corrected chi connectivity index (χ3v) is 4.24. The first-order chi connectivity index (χ1) is 11.2. The molecular formula is C19H22F4O. The van der Waals surface area contributed by atoms with Crippen LogP contribution >= 0.6 is 0 Å². The Labute approximate surface area is 140 Å². The zero-order chi connectivity index (χ0) is 17.7. The second-order valence-corrected chi connectivity index (χ2v) is 6.48. The molecule has 24 heavy (non-hydrogen) atoms. The minimum absolute atomic E-state index is 0.188. The van der Waals surface area contributed by atoms with Gasteiger partial charge in [-0.05, 0) is 69.1 Å². The molecule has 0 amide bonds. The zero-order valence-corrected chi connectivity index (χ0v) is 13.9. The van der Waals surface area contributed by atoms with Crippen molar-refractivity contribution in [1.82, 2.24) is 0 Å². The van der Waals surface area contributed by atoms with Crippen LogP contribution in [0.1, 0.15) is 51.0 Å². The highest BCUT2D eigenvalue weighted by atomic mass is 19.4. The van der Waals surface area contributed by atoms with Crippen LogP contribution in [0.25, 0.3) is 0 Å². The van der Waals surface area contributed by atoms with Gasteiger partial charge in [-0.15, -0.1) is 13.2 Å². The molecule has 1 saturated carbocycles. The molecular weight excluding hydrogens is 320 g/mol. The lowest BCUT2D eigenvalue weighted by molar-refractivity contribution is -0.275. The molecule has 1 aliphatic rings. The first-order valence-corrected chi connectivity index (χ1v) is 8.11. The Morgan fingerprint density at radius 3 is 2.33 bits per heavy atom. The summed E-state index contributed by atoms with van der Waals surface area (Å²) in [6.45, 7) is 4.09. The molecule has 0 spiro atoms. The Morgan fingerprint density at radius 1 is 1.12 bits per heavy atom. The van der Waals surface area contributed by atoms with E-state index in [1.54, 1.807) is 0 Å². The SMILES string of the molecule is CC(C)=CC=CC1CCC(c2ccc(OC(F)(F)F)c(F)c2)CC1. The van der Waals surface area contributed by atoms with E-state index in [0.29, 0.717) is 5.92 Å². The Balaban J connectivity index is 1.96. The summed E-state index contributed by atoms with van der Waals surface area (Å²) in [5, 5.41) is 0. The van der Waals surface area contributed by atoms with Gasteiger partial charge in [0.2, 0.25) is 0 Å². The molecule has 0 aliphatic heterocycles. The van der Waals surface area contributed by atoms with Crippen LogP contribution in [0, 0.1) is 11.7 Å². The van der Waals surface area contributed by atoms with Crippen molar-refractivity contribution in [1.29, 1.82) is 0 Å². The monoisotopic (exact) mass is 342 g/mol. The van der Waals surface area contributed by atoms with Gasteiger partial charge < -0.3 is 4.74 Å². The van der Waals surface area contributed by atoms with E-state index in [2.05, 4.69) is 23.0 Å². The molecule has 0 heterocycles. The lowest BCUT2D eigenvalue weighted by Crippen LogP contribution is -2.18. The lowest BCUT2D eigenvalue weighted by atomic mass is 9.78. The average Bonchev–Trinajstić information content (AvgIpc) is 2.48. The van der Waals surface area contributed by atoms with E-state index in [1.165, 1.54) is 17.7 Å². The van der Waals surface area contributed by atoms with Gasteiger partial charge in [0.15, 0.2) is 11.6 Å². The number of alkyl halides is 3. The van der Waals surface area contributed by atoms with Crippen LogP contribution in [-0.4, -0.2) is 6.36 Å². The van der Waals surface area contributed by atoms with Gasteiger partial charge in [0.05, 0.1) is 0 Å². The number of allylic oxidation sites excluding steroid dienone is 4. The molecule has 132 valence electrons. The van der Waals surface area contributed by atoms with Crippen molar-refractivity contribution in [3.8, 4) is 5.75 Å². The zero-order valence-electron chi connectivity index (χ0n) is 13.9. The molecule has 1 aromatic rings. The second-order valence-electron chi connectivity index (χ2n) is 6.48. The van der Waals surface area contributed by atoms with Gasteiger partial charge in [0.1, 0.15) is 0 Å². The minimum atomic E-state index is -4.88. The molecule has 0 unspecified atom stereocenters. The Hall–Kier alpha value is -1.78. The lowest BCUT2D eigenvalue weighted by Gasteiger charge is -2.27. The van der Waals surface area contributed by atoms with E-state index in [1.807, 2.05) is 13.8 Å². The van der Waals surface area contributed by atoms with Crippen molar-refractivity contribution in [2.24, 2.45) is 5.92 Å². The standard InChI is InChI=1S/C19H22F4O/c1-13(2)4-3-5-14-6-8-15(9-7-14)16-10-11-18(17(20)12-16)24-19(21,22)23/h3-5,10-12,14-15H,6-9H2,1-2H3. The summed E-state index contributed by atoms with van der Waals surface area (Å²) < 4.78 is 54.0. The highest BCUT2D eigenvalue weighted by Crippen LogP contribution is 2.38. The maximum absolute atomic E-state index is 13.8. The van der Waals surface area contributed by atoms with Gasteiger partial charge in [0, 0.05) is 0 Å². The van der Waals surface area contributed by atoms with Crippen LogP contribution < -0.4 is 4.74 Å². The van der Waals surface area contributed by atoms with Crippen molar-refractivity contribution in [2.45, 2.75) is 51.8 Å². The summed E-state index contributed by atoms with van der Waals surface area (Å²) in [5.74, 6) is -1.04. The molecule has 1 fully saturated rings. The van der Waals surface area contributed by atoms with E-state index in [0.717, 1.165) is 37.3 Å². The van der Waals surface area contributed by atoms with Gasteiger partial charge >= 0.3 is 6.36 Å². The summed E-state index contributed by atoms with van der Waals surface area (Å²) in [6, 6.07) is 3.78. The van der Waals surface area contributed by atoms with Crippen LogP contribution in [0.3, 0.4) is 0 Å². The number of hydrogen-bond acceptors (Lipinski definition) is 1. The molecule has 1 aliphatic carbocycles. The Morgan fingerprint density at radius 2 is 1.79 bits per heavy atom. The third kappa shape index (κ3) is 5.69. The minimum Gasteiger partial charge on any atom is -0.403 e. The van der Waals surface area contributed by atoms with Crippen LogP contribution in [0.15, 0.2) is 42.0 Å². The van der Waals surface area contributed by atoms with Crippen molar-refractivity contribution >= 4 is 0 Å². The summed E-state index contributed by atoms with van der Waals surface area (Å²) in [7, 11) is 0. The Kier molecular flexibility index (Phi) is 6.08. The molecule has 2 rings (SSSR count). The first-order valence-electron chi connectivity index (χ1n) is 8.11. The van der Waals surface area contributed by atoms with E-state index in [4.69, 9.17) is 0 Å². The fraction of sp³-hybridized carbons (Fsp3) is 0.474. The van der Waals surface area contributed by atoms with Gasteiger partial charge in [-0.2, -0.15) is 0 Å². The molecule has 0 aromatic heterocycles. The predicted molar refractivity (Wildman–Crippen MR) is 86.4 cm³/mol. The van der Waals surface area contributed by atoms with Gasteiger partial charge in [-0.1, -0.05) is 29.9 Å². The number of rotatable bonds is 4. The summed E-state index contributed by atoms with van der Waals surface area (Å²) >= 11 is 0. The highest BCUT2D eigenvalue weighted by molar-refractivity contribution is 5.31. The molecule has 0 atom stereocenters. The maximum Gasteiger partial charge on any atom is 0.573 e. The molecule has 0 saturated heterocycles. The summed E-state index contributed by atoms with van der Waals surface area (Å²) in [4.78, 5) is 0. The van der Waals surface area contributed by atoms with E-state index >= 15 is 0 Å². The third-order valence-electron chi connectivity index (χ3n) is 4.24. The van der Waals surface area contributed by atoms with E-state index in [9.17, 15) is 17.6 Å². The van der Waals surface area contributed by atoms with Crippen molar-refractivity contribution in [3.05, 3.63) is 53.4 Å². The number of ether oxygens (including phenoxy) is 1. The number of hydrogen-bond donors (Lipinski definition) is 0. The number of halogens is 4. The topological polar surface area (TPSA) is 9.23 Å². The summed E-state index contributed by atoms with van der Waals surface area (Å²) in [5.41, 5.74) is 1.99. The number of benzene rings is 1. The van der Waals surface area contributed by atoms with Gasteiger partial charge in [-0.25, -0.2) is 4.39 Å². The fourth-order valence-corrected chi connectivity index (χ4v) is 3.03. The maximum atomic E-state index is 13.8. The highest BCUT2D eigenvalue weighted by Gasteiger charge is 2.32. The fourth-order valence-electron chi connectivity index (χ4n) is 3.03. The summed E-state index contributed by atoms with van der Waals surface area (Å²) in [6.07, 6.45) is 5.28. The van der Waals surface area contributed by atoms with Crippen molar-refractivity contribution < 1.29 is 22.3 Å². The van der Waals surface area contributed by atoms with Crippen LogP contribution in [0.4, 0.5) is 17.6 Å². The molecule has 5 heteroatoms. The molecule has 0 radical (unpaired) electrons. The van der Waals surface area contributed by atoms with Gasteiger partial charge in [0.25, 0.3) is 0 Å². The van der Waals surface area contributed by atoms with Gasteiger partial charge in [-0.3, -0.25) is 0 Å². The normalized spacial score (nSPS) is 21.8. The molecule has 0 bridgehead atoms. The van der Waals surface area contributed by atoms with Crippen molar-refractivity contribution in [3.63, 3.8) is 0 Å². The smallest absolute Gasteiger partial charge is 0.403 e. The predicted octanol–water partition coefficient (Wildman–Crippen LogP) is 6.52. The molecule has 1 aromatic carbocycles. The van der Waals surface area contributed by atoms with Crippen LogP contribution in [-0.2, 0) is 0 Å². The largest absolute Gasteiger partial charge is 0.573 e. The Bertz CT molecular complexity index is 604. The van der Waals surface area contributed by atoms with E-state index in [-0.39, 0.29) is 5.92 Å². The van der Waals surface area contributed by atoms with Crippen molar-refractivity contribution in [2.75, 3.05) is 0 Å². The molecule has 1 nitrogen and oxygen atoms in total.